The molecule has 4 nitrogen and oxygen atoms in total. The molecule has 0 aliphatic rings. The summed E-state index contributed by atoms with van der Waals surface area (Å²) in [6.07, 6.45) is 0. The fourth-order valence-electron chi connectivity index (χ4n) is 2.80. The minimum Gasteiger partial charge on any atom is -0.451 e. The fourth-order valence-corrected chi connectivity index (χ4v) is 3.76. The van der Waals surface area contributed by atoms with Gasteiger partial charge in [-0.15, -0.1) is 11.3 Å². The summed E-state index contributed by atoms with van der Waals surface area (Å²) in [5.41, 5.74) is 2.85. The van der Waals surface area contributed by atoms with E-state index >= 15 is 0 Å². The molecule has 0 bridgehead atoms. The molecule has 0 saturated heterocycles. The molecule has 1 aromatic heterocycles. The smallest absolute Gasteiger partial charge is 0.348 e. The summed E-state index contributed by atoms with van der Waals surface area (Å²) in [7, 11) is 0. The summed E-state index contributed by atoms with van der Waals surface area (Å²) in [5, 5.41) is 3.88. The number of benzene rings is 2. The second kappa shape index (κ2) is 7.70. The van der Waals surface area contributed by atoms with Crippen molar-refractivity contribution in [2.45, 2.75) is 26.7 Å². The summed E-state index contributed by atoms with van der Waals surface area (Å²) < 4.78 is 6.21. The van der Waals surface area contributed by atoms with E-state index in [1.165, 1.54) is 11.3 Å². The quantitative estimate of drug-likeness (QED) is 0.636. The van der Waals surface area contributed by atoms with Gasteiger partial charge >= 0.3 is 5.97 Å². The highest BCUT2D eigenvalue weighted by atomic mass is 32.1. The summed E-state index contributed by atoms with van der Waals surface area (Å²) in [5.74, 6) is -0.530. The van der Waals surface area contributed by atoms with Gasteiger partial charge in [-0.25, -0.2) is 4.79 Å². The number of fused-ring (bicyclic) bond motifs is 1. The van der Waals surface area contributed by atoms with E-state index in [0.29, 0.717) is 4.88 Å². The number of hydrogen-bond donors (Lipinski definition) is 1. The van der Waals surface area contributed by atoms with Gasteiger partial charge in [0.2, 0.25) is 0 Å². The zero-order valence-corrected chi connectivity index (χ0v) is 15.9. The molecule has 0 aliphatic heterocycles. The highest BCUT2D eigenvalue weighted by Gasteiger charge is 2.16. The molecule has 134 valence electrons. The van der Waals surface area contributed by atoms with Crippen LogP contribution in [0.3, 0.4) is 0 Å². The lowest BCUT2D eigenvalue weighted by Gasteiger charge is -2.16. The maximum absolute atomic E-state index is 12.3. The first-order valence-corrected chi connectivity index (χ1v) is 9.32. The number of rotatable bonds is 5. The number of esters is 1. The highest BCUT2D eigenvalue weighted by Crippen LogP contribution is 2.28. The predicted octanol–water partition coefficient (Wildman–Crippen LogP) is 5.13. The van der Waals surface area contributed by atoms with Gasteiger partial charge in [-0.3, -0.25) is 4.79 Å². The van der Waals surface area contributed by atoms with Crippen molar-refractivity contribution >= 4 is 39.0 Å². The van der Waals surface area contributed by atoms with Gasteiger partial charge in [0.1, 0.15) is 4.88 Å². The van der Waals surface area contributed by atoms with Crippen LogP contribution in [0.5, 0.6) is 0 Å². The second-order valence-electron chi connectivity index (χ2n) is 6.47. The molecule has 0 atom stereocenters. The van der Waals surface area contributed by atoms with E-state index < -0.39 is 5.97 Å². The van der Waals surface area contributed by atoms with Crippen molar-refractivity contribution in [1.82, 2.24) is 0 Å². The molecule has 1 N–H and O–H groups in total. The number of thiophene rings is 1. The van der Waals surface area contributed by atoms with Crippen LogP contribution in [0.1, 0.15) is 40.6 Å². The van der Waals surface area contributed by atoms with Crippen LogP contribution in [0, 0.1) is 6.92 Å². The van der Waals surface area contributed by atoms with Crippen LogP contribution in [0.4, 0.5) is 5.69 Å². The SMILES string of the molecule is Cc1cccc(C(C)C)c1NC(=O)COC(=O)c1cc2ccccc2s1. The summed E-state index contributed by atoms with van der Waals surface area (Å²) in [4.78, 5) is 25.0. The normalized spacial score (nSPS) is 10.9. The molecule has 2 aromatic carbocycles. The Bertz CT molecular complexity index is 926. The van der Waals surface area contributed by atoms with Gasteiger partial charge < -0.3 is 10.1 Å². The number of aryl methyl sites for hydroxylation is 1. The monoisotopic (exact) mass is 367 g/mol. The van der Waals surface area contributed by atoms with E-state index in [2.05, 4.69) is 19.2 Å². The average molecular weight is 367 g/mol. The standard InChI is InChI=1S/C21H21NO3S/c1-13(2)16-9-6-7-14(3)20(16)22-19(23)12-25-21(24)18-11-15-8-4-5-10-17(15)26-18/h4-11,13H,12H2,1-3H3,(H,22,23). The number of hydrogen-bond acceptors (Lipinski definition) is 4. The maximum Gasteiger partial charge on any atom is 0.348 e. The molecular formula is C21H21NO3S. The number of anilines is 1. The molecular weight excluding hydrogens is 346 g/mol. The van der Waals surface area contributed by atoms with Crippen molar-refractivity contribution in [2.24, 2.45) is 0 Å². The minimum atomic E-state index is -0.477. The Morgan fingerprint density at radius 2 is 1.88 bits per heavy atom. The van der Waals surface area contributed by atoms with E-state index in [0.717, 1.165) is 26.9 Å². The Balaban J connectivity index is 1.65. The number of carbonyl (C=O) groups excluding carboxylic acids is 2. The van der Waals surface area contributed by atoms with Crippen molar-refractivity contribution in [3.8, 4) is 0 Å². The van der Waals surface area contributed by atoms with Crippen LogP contribution in [0.25, 0.3) is 10.1 Å². The second-order valence-corrected chi connectivity index (χ2v) is 7.55. The molecule has 0 unspecified atom stereocenters. The van der Waals surface area contributed by atoms with Crippen molar-refractivity contribution in [1.29, 1.82) is 0 Å². The molecule has 0 aliphatic carbocycles. The first-order valence-electron chi connectivity index (χ1n) is 8.50. The third-order valence-electron chi connectivity index (χ3n) is 4.15. The van der Waals surface area contributed by atoms with Gasteiger partial charge in [-0.1, -0.05) is 50.2 Å². The Kier molecular flexibility index (Phi) is 5.38. The highest BCUT2D eigenvalue weighted by molar-refractivity contribution is 7.20. The number of para-hydroxylation sites is 1. The van der Waals surface area contributed by atoms with Crippen LogP contribution in [-0.2, 0) is 9.53 Å². The Morgan fingerprint density at radius 3 is 2.62 bits per heavy atom. The molecule has 5 heteroatoms. The van der Waals surface area contributed by atoms with Crippen LogP contribution in [0.15, 0.2) is 48.5 Å². The molecule has 1 heterocycles. The van der Waals surface area contributed by atoms with E-state index in [1.807, 2.05) is 49.4 Å². The molecule has 0 spiro atoms. The molecule has 1 amide bonds. The number of carbonyl (C=O) groups is 2. The van der Waals surface area contributed by atoms with E-state index in [-0.39, 0.29) is 18.4 Å². The van der Waals surface area contributed by atoms with E-state index in [1.54, 1.807) is 6.07 Å². The lowest BCUT2D eigenvalue weighted by atomic mass is 9.98. The first kappa shape index (κ1) is 18.1. The summed E-state index contributed by atoms with van der Waals surface area (Å²) in [6, 6.07) is 15.5. The molecule has 0 radical (unpaired) electrons. The zero-order valence-electron chi connectivity index (χ0n) is 15.0. The lowest BCUT2D eigenvalue weighted by molar-refractivity contribution is -0.119. The van der Waals surface area contributed by atoms with Gasteiger partial charge in [-0.05, 0) is 41.5 Å². The largest absolute Gasteiger partial charge is 0.451 e. The minimum absolute atomic E-state index is 0.284. The van der Waals surface area contributed by atoms with E-state index in [4.69, 9.17) is 4.74 Å². The van der Waals surface area contributed by atoms with Gasteiger partial charge in [0, 0.05) is 10.4 Å². The topological polar surface area (TPSA) is 55.4 Å². The predicted molar refractivity (Wildman–Crippen MR) is 106 cm³/mol. The van der Waals surface area contributed by atoms with Crippen molar-refractivity contribution in [2.75, 3.05) is 11.9 Å². The van der Waals surface area contributed by atoms with E-state index in [9.17, 15) is 9.59 Å². The summed E-state index contributed by atoms with van der Waals surface area (Å²) >= 11 is 1.36. The van der Waals surface area contributed by atoms with Gasteiger partial charge in [0.15, 0.2) is 6.61 Å². The van der Waals surface area contributed by atoms with Crippen LogP contribution >= 0.6 is 11.3 Å². The molecule has 0 saturated carbocycles. The van der Waals surface area contributed by atoms with Gasteiger partial charge in [-0.2, -0.15) is 0 Å². The van der Waals surface area contributed by atoms with Crippen LogP contribution < -0.4 is 5.32 Å². The van der Waals surface area contributed by atoms with Crippen molar-refractivity contribution in [3.05, 3.63) is 64.5 Å². The van der Waals surface area contributed by atoms with Gasteiger partial charge in [0.25, 0.3) is 5.91 Å². The third kappa shape index (κ3) is 3.94. The fraction of sp³-hybridized carbons (Fsp3) is 0.238. The third-order valence-corrected chi connectivity index (χ3v) is 5.25. The number of ether oxygens (including phenoxy) is 1. The summed E-state index contributed by atoms with van der Waals surface area (Å²) in [6.45, 7) is 5.79. The average Bonchev–Trinajstić information content (AvgIpc) is 3.05. The lowest BCUT2D eigenvalue weighted by Crippen LogP contribution is -2.22. The van der Waals surface area contributed by atoms with Crippen LogP contribution in [0.2, 0.25) is 0 Å². The van der Waals surface area contributed by atoms with Gasteiger partial charge in [0.05, 0.1) is 0 Å². The molecule has 26 heavy (non-hydrogen) atoms. The Labute approximate surface area is 156 Å². The molecule has 0 fully saturated rings. The van der Waals surface area contributed by atoms with Crippen molar-refractivity contribution in [3.63, 3.8) is 0 Å². The zero-order chi connectivity index (χ0) is 18.7. The maximum atomic E-state index is 12.3. The first-order chi connectivity index (χ1) is 12.5. The van der Waals surface area contributed by atoms with Crippen LogP contribution in [-0.4, -0.2) is 18.5 Å². The molecule has 3 rings (SSSR count). The Hall–Kier alpha value is -2.66. The molecule has 3 aromatic rings. The number of amides is 1. The van der Waals surface area contributed by atoms with Crippen molar-refractivity contribution < 1.29 is 14.3 Å². The Morgan fingerprint density at radius 1 is 1.12 bits per heavy atom. The number of nitrogens with one attached hydrogen (secondary N) is 1.